The van der Waals surface area contributed by atoms with E-state index in [-0.39, 0.29) is 35.9 Å². The van der Waals surface area contributed by atoms with E-state index in [0.717, 1.165) is 44.3 Å². The minimum Gasteiger partial charge on any atom is -0.466 e. The van der Waals surface area contributed by atoms with Crippen LogP contribution in [0.1, 0.15) is 32.5 Å². The van der Waals surface area contributed by atoms with Crippen LogP contribution in [0, 0.1) is 5.92 Å². The Morgan fingerprint density at radius 1 is 1.42 bits per heavy atom. The van der Waals surface area contributed by atoms with Crippen LogP contribution in [-0.4, -0.2) is 58.3 Å². The zero-order valence-corrected chi connectivity index (χ0v) is 16.9. The van der Waals surface area contributed by atoms with Gasteiger partial charge in [0.05, 0.1) is 19.1 Å². The Labute approximate surface area is 160 Å². The average Bonchev–Trinajstić information content (AvgIpc) is 3.04. The Kier molecular flexibility index (Phi) is 9.01. The summed E-state index contributed by atoms with van der Waals surface area (Å²) in [6.45, 7) is 7.36. The molecule has 2 rings (SSSR count). The molecule has 1 aromatic heterocycles. The monoisotopic (exact) mass is 450 g/mol. The second-order valence-electron chi connectivity index (χ2n) is 5.45. The van der Waals surface area contributed by atoms with Gasteiger partial charge in [-0.2, -0.15) is 0 Å². The maximum Gasteiger partial charge on any atom is 0.309 e. The minimum atomic E-state index is -0.0776. The molecule has 0 aliphatic carbocycles. The number of esters is 1. The number of likely N-dealkylation sites (tertiary alicyclic amines) is 1. The highest BCUT2D eigenvalue weighted by molar-refractivity contribution is 14.0. The number of hydrogen-bond donors (Lipinski definition) is 1. The largest absolute Gasteiger partial charge is 0.466 e. The van der Waals surface area contributed by atoms with Gasteiger partial charge in [0.25, 0.3) is 0 Å². The van der Waals surface area contributed by atoms with Crippen molar-refractivity contribution in [3.63, 3.8) is 0 Å². The molecule has 136 valence electrons. The number of aliphatic imine (C=N–C) groups is 1. The van der Waals surface area contributed by atoms with E-state index < -0.39 is 0 Å². The normalized spacial score (nSPS) is 15.8. The van der Waals surface area contributed by atoms with Gasteiger partial charge in [-0.3, -0.25) is 9.79 Å². The Morgan fingerprint density at radius 3 is 2.71 bits per heavy atom. The van der Waals surface area contributed by atoms with Gasteiger partial charge in [0.2, 0.25) is 0 Å². The van der Waals surface area contributed by atoms with Crippen LogP contribution in [0.2, 0.25) is 0 Å². The Morgan fingerprint density at radius 2 is 2.12 bits per heavy atom. The van der Waals surface area contributed by atoms with Crippen LogP contribution in [0.25, 0.3) is 0 Å². The van der Waals surface area contributed by atoms with Crippen molar-refractivity contribution in [1.29, 1.82) is 0 Å². The van der Waals surface area contributed by atoms with Crippen molar-refractivity contribution in [2.45, 2.75) is 39.8 Å². The SMILES string of the molecule is CCOC(=O)C1CCN(C(=NC)NCc2nncn2CC)CC1.I. The molecule has 0 bridgehead atoms. The maximum absolute atomic E-state index is 11.8. The standard InChI is InChI=1S/C15H26N6O2.HI/c1-4-20-11-18-19-13(20)10-17-15(16-3)21-8-6-12(7-9-21)14(22)23-5-2;/h11-12H,4-10H2,1-3H3,(H,16,17);1H. The fourth-order valence-corrected chi connectivity index (χ4v) is 2.76. The van der Waals surface area contributed by atoms with E-state index in [2.05, 4.69) is 32.3 Å². The molecule has 2 heterocycles. The molecule has 8 nitrogen and oxygen atoms in total. The summed E-state index contributed by atoms with van der Waals surface area (Å²) in [5.41, 5.74) is 0. The lowest BCUT2D eigenvalue weighted by atomic mass is 9.97. The number of piperidine rings is 1. The van der Waals surface area contributed by atoms with Gasteiger partial charge in [0.1, 0.15) is 6.33 Å². The Hall–Kier alpha value is -1.39. The third kappa shape index (κ3) is 5.32. The molecule has 0 spiro atoms. The lowest BCUT2D eigenvalue weighted by Crippen LogP contribution is -2.46. The second kappa shape index (κ2) is 10.5. The maximum atomic E-state index is 11.8. The van der Waals surface area contributed by atoms with Gasteiger partial charge in [0.15, 0.2) is 11.8 Å². The summed E-state index contributed by atoms with van der Waals surface area (Å²) in [6, 6.07) is 0. The van der Waals surface area contributed by atoms with Crippen LogP contribution in [0.4, 0.5) is 0 Å². The van der Waals surface area contributed by atoms with Crippen molar-refractivity contribution in [3.05, 3.63) is 12.2 Å². The van der Waals surface area contributed by atoms with E-state index in [1.165, 1.54) is 0 Å². The number of guanidine groups is 1. The van der Waals surface area contributed by atoms with Crippen LogP contribution < -0.4 is 5.32 Å². The lowest BCUT2D eigenvalue weighted by Gasteiger charge is -2.33. The fraction of sp³-hybridized carbons (Fsp3) is 0.733. The molecule has 0 radical (unpaired) electrons. The molecule has 1 aliphatic rings. The van der Waals surface area contributed by atoms with E-state index in [0.29, 0.717) is 13.2 Å². The van der Waals surface area contributed by atoms with Crippen LogP contribution in [0.3, 0.4) is 0 Å². The molecule has 0 atom stereocenters. The molecule has 9 heteroatoms. The van der Waals surface area contributed by atoms with Gasteiger partial charge < -0.3 is 19.5 Å². The predicted molar refractivity (Wildman–Crippen MR) is 102 cm³/mol. The predicted octanol–water partition coefficient (Wildman–Crippen LogP) is 1.27. The van der Waals surface area contributed by atoms with Crippen molar-refractivity contribution in [3.8, 4) is 0 Å². The third-order valence-corrected chi connectivity index (χ3v) is 4.07. The molecule has 0 amide bonds. The second-order valence-corrected chi connectivity index (χ2v) is 5.45. The number of hydrogen-bond acceptors (Lipinski definition) is 5. The van der Waals surface area contributed by atoms with Gasteiger partial charge >= 0.3 is 5.97 Å². The van der Waals surface area contributed by atoms with Crippen LogP contribution in [0.15, 0.2) is 11.3 Å². The number of carbonyl (C=O) groups excluding carboxylic acids is 1. The molecule has 0 unspecified atom stereocenters. The molecular weight excluding hydrogens is 423 g/mol. The van der Waals surface area contributed by atoms with E-state index in [1.54, 1.807) is 13.4 Å². The first-order valence-electron chi connectivity index (χ1n) is 8.18. The summed E-state index contributed by atoms with van der Waals surface area (Å²) >= 11 is 0. The number of halogens is 1. The van der Waals surface area contributed by atoms with Crippen molar-refractivity contribution in [2.75, 3.05) is 26.7 Å². The number of ether oxygens (including phenoxy) is 1. The summed E-state index contributed by atoms with van der Waals surface area (Å²) < 4.78 is 7.10. The molecule has 1 fully saturated rings. The van der Waals surface area contributed by atoms with E-state index in [4.69, 9.17) is 4.74 Å². The van der Waals surface area contributed by atoms with Gasteiger partial charge in [0, 0.05) is 26.7 Å². The first-order chi connectivity index (χ1) is 11.2. The minimum absolute atomic E-state index is 0. The molecule has 24 heavy (non-hydrogen) atoms. The number of aromatic nitrogens is 3. The first-order valence-corrected chi connectivity index (χ1v) is 8.18. The quantitative estimate of drug-likeness (QED) is 0.315. The van der Waals surface area contributed by atoms with Crippen molar-refractivity contribution >= 4 is 35.9 Å². The summed E-state index contributed by atoms with van der Waals surface area (Å²) in [6.07, 6.45) is 3.32. The van der Waals surface area contributed by atoms with Crippen molar-refractivity contribution in [1.82, 2.24) is 25.0 Å². The smallest absolute Gasteiger partial charge is 0.309 e. The van der Waals surface area contributed by atoms with Crippen LogP contribution >= 0.6 is 24.0 Å². The van der Waals surface area contributed by atoms with E-state index in [9.17, 15) is 4.79 Å². The van der Waals surface area contributed by atoms with Crippen LogP contribution in [-0.2, 0) is 22.6 Å². The average molecular weight is 450 g/mol. The molecule has 1 saturated heterocycles. The number of nitrogens with one attached hydrogen (secondary N) is 1. The molecule has 0 saturated carbocycles. The summed E-state index contributed by atoms with van der Waals surface area (Å²) in [4.78, 5) is 18.3. The highest BCUT2D eigenvalue weighted by Crippen LogP contribution is 2.18. The highest BCUT2D eigenvalue weighted by atomic mass is 127. The number of nitrogens with zero attached hydrogens (tertiary/aromatic N) is 5. The van der Waals surface area contributed by atoms with Gasteiger partial charge in [-0.25, -0.2) is 0 Å². The van der Waals surface area contributed by atoms with Crippen LogP contribution in [0.5, 0.6) is 0 Å². The zero-order valence-electron chi connectivity index (χ0n) is 14.6. The Bertz CT molecular complexity index is 540. The molecule has 0 aromatic carbocycles. The third-order valence-electron chi connectivity index (χ3n) is 4.07. The first kappa shape index (κ1) is 20.7. The summed E-state index contributed by atoms with van der Waals surface area (Å²) in [7, 11) is 1.77. The van der Waals surface area contributed by atoms with Crippen molar-refractivity contribution < 1.29 is 9.53 Å². The molecular formula is C15H27IN6O2. The van der Waals surface area contributed by atoms with Gasteiger partial charge in [-0.05, 0) is 26.7 Å². The fourth-order valence-electron chi connectivity index (χ4n) is 2.76. The van der Waals surface area contributed by atoms with Gasteiger partial charge in [-0.1, -0.05) is 0 Å². The van der Waals surface area contributed by atoms with E-state index in [1.807, 2.05) is 11.5 Å². The summed E-state index contributed by atoms with van der Waals surface area (Å²) in [5.74, 6) is 1.65. The zero-order chi connectivity index (χ0) is 16.7. The summed E-state index contributed by atoms with van der Waals surface area (Å²) in [5, 5.41) is 11.4. The Balaban J connectivity index is 0.00000288. The molecule has 1 aromatic rings. The van der Waals surface area contributed by atoms with Crippen molar-refractivity contribution in [2.24, 2.45) is 10.9 Å². The molecule has 1 N–H and O–H groups in total. The topological polar surface area (TPSA) is 84.6 Å². The number of rotatable bonds is 5. The lowest BCUT2D eigenvalue weighted by molar-refractivity contribution is -0.149. The van der Waals surface area contributed by atoms with E-state index >= 15 is 0 Å². The number of aryl methyl sites for hydroxylation is 1. The molecule has 1 aliphatic heterocycles. The number of carbonyl (C=O) groups is 1. The highest BCUT2D eigenvalue weighted by Gasteiger charge is 2.27. The van der Waals surface area contributed by atoms with Gasteiger partial charge in [-0.15, -0.1) is 34.2 Å².